The molecule has 2 aromatic carbocycles. The van der Waals surface area contributed by atoms with E-state index >= 15 is 0 Å². The molecule has 0 saturated carbocycles. The quantitative estimate of drug-likeness (QED) is 0.587. The summed E-state index contributed by atoms with van der Waals surface area (Å²) in [5.41, 5.74) is 3.03. The lowest BCUT2D eigenvalue weighted by Gasteiger charge is -2.15. The Hall–Kier alpha value is -2.77. The van der Waals surface area contributed by atoms with Crippen molar-refractivity contribution in [1.82, 2.24) is 4.98 Å². The number of carbonyl (C=O) groups excluding carboxylic acids is 1. The van der Waals surface area contributed by atoms with Gasteiger partial charge in [0.2, 0.25) is 0 Å². The van der Waals surface area contributed by atoms with Crippen molar-refractivity contribution in [1.29, 1.82) is 0 Å². The summed E-state index contributed by atoms with van der Waals surface area (Å²) in [5, 5.41) is 4.20. The first-order chi connectivity index (χ1) is 13.8. The van der Waals surface area contributed by atoms with Gasteiger partial charge in [0.25, 0.3) is 5.91 Å². The molecular weight excluding hydrogens is 410 g/mol. The Labute approximate surface area is 179 Å². The van der Waals surface area contributed by atoms with Gasteiger partial charge in [-0.1, -0.05) is 11.6 Å². The topological polar surface area (TPSA) is 63.7 Å². The Morgan fingerprint density at radius 2 is 1.83 bits per heavy atom. The van der Waals surface area contributed by atoms with E-state index in [9.17, 15) is 4.79 Å². The van der Waals surface area contributed by atoms with Gasteiger partial charge in [-0.05, 0) is 43.3 Å². The zero-order chi connectivity index (χ0) is 21.1. The fourth-order valence-corrected chi connectivity index (χ4v) is 4.14. The van der Waals surface area contributed by atoms with Crippen LogP contribution >= 0.6 is 22.9 Å². The molecule has 0 radical (unpaired) electrons. The molecule has 3 rings (SSSR count). The predicted octanol–water partition coefficient (Wildman–Crippen LogP) is 5.11. The normalized spacial score (nSPS) is 10.6. The summed E-state index contributed by atoms with van der Waals surface area (Å²) in [6.45, 7) is 1.82. The molecular formula is C21H22ClN3O3S. The highest BCUT2D eigenvalue weighted by Crippen LogP contribution is 2.35. The highest BCUT2D eigenvalue weighted by molar-refractivity contribution is 7.17. The standard InChI is InChI=1S/C21H22ClN3O3S/c1-12-19(20(26)24-14-7-8-16(25(2)3)15(22)11-14)29-21(23-12)13-6-9-17(27-4)18(10-13)28-5/h6-11H,1-5H3,(H,24,26). The Kier molecular flexibility index (Phi) is 6.30. The van der Waals surface area contributed by atoms with Crippen molar-refractivity contribution >= 4 is 40.2 Å². The number of methoxy groups -OCH3 is 2. The van der Waals surface area contributed by atoms with Crippen molar-refractivity contribution in [2.75, 3.05) is 38.5 Å². The van der Waals surface area contributed by atoms with Crippen LogP contribution in [0.3, 0.4) is 0 Å². The molecule has 3 aromatic rings. The number of ether oxygens (including phenoxy) is 2. The smallest absolute Gasteiger partial charge is 0.267 e. The summed E-state index contributed by atoms with van der Waals surface area (Å²) in [7, 11) is 7.00. The van der Waals surface area contributed by atoms with E-state index < -0.39 is 0 Å². The SMILES string of the molecule is COc1ccc(-c2nc(C)c(C(=O)Nc3ccc(N(C)C)c(Cl)c3)s2)cc1OC. The van der Waals surface area contributed by atoms with Crippen LogP contribution in [0.1, 0.15) is 15.4 Å². The van der Waals surface area contributed by atoms with Crippen LogP contribution in [0.5, 0.6) is 11.5 Å². The largest absolute Gasteiger partial charge is 0.493 e. The van der Waals surface area contributed by atoms with E-state index in [-0.39, 0.29) is 5.91 Å². The lowest BCUT2D eigenvalue weighted by Crippen LogP contribution is -2.13. The molecule has 152 valence electrons. The summed E-state index contributed by atoms with van der Waals surface area (Å²) < 4.78 is 10.6. The highest BCUT2D eigenvalue weighted by atomic mass is 35.5. The van der Waals surface area contributed by atoms with Crippen LogP contribution in [0, 0.1) is 6.92 Å². The average Bonchev–Trinajstić information content (AvgIpc) is 3.09. The van der Waals surface area contributed by atoms with Crippen molar-refractivity contribution in [3.05, 3.63) is 52.0 Å². The molecule has 0 spiro atoms. The van der Waals surface area contributed by atoms with Crippen LogP contribution in [0.2, 0.25) is 5.02 Å². The van der Waals surface area contributed by atoms with Gasteiger partial charge < -0.3 is 19.7 Å². The molecule has 8 heteroatoms. The maximum absolute atomic E-state index is 12.8. The molecule has 0 unspecified atom stereocenters. The third kappa shape index (κ3) is 4.46. The van der Waals surface area contributed by atoms with E-state index in [1.807, 2.05) is 56.3 Å². The van der Waals surface area contributed by atoms with Gasteiger partial charge in [-0.25, -0.2) is 4.98 Å². The fraction of sp³-hybridized carbons (Fsp3) is 0.238. The first-order valence-electron chi connectivity index (χ1n) is 8.82. The monoisotopic (exact) mass is 431 g/mol. The number of halogens is 1. The second-order valence-electron chi connectivity index (χ2n) is 6.52. The minimum absolute atomic E-state index is 0.222. The molecule has 1 aromatic heterocycles. The molecule has 0 bridgehead atoms. The summed E-state index contributed by atoms with van der Waals surface area (Å²) in [5.74, 6) is 1.03. The zero-order valence-electron chi connectivity index (χ0n) is 16.9. The summed E-state index contributed by atoms with van der Waals surface area (Å²) in [4.78, 5) is 19.8. The van der Waals surface area contributed by atoms with Gasteiger partial charge >= 0.3 is 0 Å². The number of carbonyl (C=O) groups is 1. The van der Waals surface area contributed by atoms with Crippen LogP contribution in [0.15, 0.2) is 36.4 Å². The zero-order valence-corrected chi connectivity index (χ0v) is 18.4. The molecule has 0 aliphatic heterocycles. The van der Waals surface area contributed by atoms with Gasteiger partial charge in [0.15, 0.2) is 11.5 Å². The first kappa shape index (κ1) is 21.0. The number of rotatable bonds is 6. The van der Waals surface area contributed by atoms with E-state index in [1.165, 1.54) is 11.3 Å². The number of aromatic nitrogens is 1. The molecule has 6 nitrogen and oxygen atoms in total. The van der Waals surface area contributed by atoms with Gasteiger partial charge in [-0.3, -0.25) is 4.79 Å². The van der Waals surface area contributed by atoms with Gasteiger partial charge in [-0.15, -0.1) is 11.3 Å². The molecule has 29 heavy (non-hydrogen) atoms. The minimum Gasteiger partial charge on any atom is -0.493 e. The lowest BCUT2D eigenvalue weighted by molar-refractivity contribution is 0.103. The summed E-state index contributed by atoms with van der Waals surface area (Å²) in [6, 6.07) is 11.0. The predicted molar refractivity (Wildman–Crippen MR) is 119 cm³/mol. The van der Waals surface area contributed by atoms with E-state index in [0.29, 0.717) is 32.8 Å². The van der Waals surface area contributed by atoms with Crippen molar-refractivity contribution in [2.24, 2.45) is 0 Å². The Morgan fingerprint density at radius 1 is 1.10 bits per heavy atom. The minimum atomic E-state index is -0.222. The molecule has 1 amide bonds. The Balaban J connectivity index is 1.85. The average molecular weight is 432 g/mol. The van der Waals surface area contributed by atoms with Crippen LogP contribution in [-0.2, 0) is 0 Å². The number of nitrogens with one attached hydrogen (secondary N) is 1. The number of anilines is 2. The lowest BCUT2D eigenvalue weighted by atomic mass is 10.2. The van der Waals surface area contributed by atoms with E-state index in [0.717, 1.165) is 16.3 Å². The maximum atomic E-state index is 12.8. The molecule has 0 aliphatic rings. The first-order valence-corrected chi connectivity index (χ1v) is 10.0. The Bertz CT molecular complexity index is 1050. The van der Waals surface area contributed by atoms with Gasteiger partial charge in [0.05, 0.1) is 30.6 Å². The van der Waals surface area contributed by atoms with Crippen molar-refractivity contribution < 1.29 is 14.3 Å². The van der Waals surface area contributed by atoms with Crippen LogP contribution < -0.4 is 19.7 Å². The van der Waals surface area contributed by atoms with Crippen LogP contribution in [0.4, 0.5) is 11.4 Å². The third-order valence-corrected chi connectivity index (χ3v) is 5.83. The van der Waals surface area contributed by atoms with Gasteiger partial charge in [-0.2, -0.15) is 0 Å². The van der Waals surface area contributed by atoms with Crippen LogP contribution in [-0.4, -0.2) is 39.2 Å². The molecule has 0 aliphatic carbocycles. The summed E-state index contributed by atoms with van der Waals surface area (Å²) >= 11 is 7.62. The number of thiazole rings is 1. The number of aryl methyl sites for hydroxylation is 1. The van der Waals surface area contributed by atoms with E-state index in [1.54, 1.807) is 20.3 Å². The maximum Gasteiger partial charge on any atom is 0.267 e. The molecule has 0 saturated heterocycles. The number of hydrogen-bond donors (Lipinski definition) is 1. The van der Waals surface area contributed by atoms with Crippen molar-refractivity contribution in [3.8, 4) is 22.1 Å². The highest BCUT2D eigenvalue weighted by Gasteiger charge is 2.18. The summed E-state index contributed by atoms with van der Waals surface area (Å²) in [6.07, 6.45) is 0. The number of amides is 1. The second kappa shape index (κ2) is 8.71. The molecule has 0 fully saturated rings. The number of hydrogen-bond acceptors (Lipinski definition) is 6. The third-order valence-electron chi connectivity index (χ3n) is 4.32. The van der Waals surface area contributed by atoms with Gasteiger partial charge in [0, 0.05) is 25.3 Å². The van der Waals surface area contributed by atoms with Crippen LogP contribution in [0.25, 0.3) is 10.6 Å². The van der Waals surface area contributed by atoms with E-state index in [2.05, 4.69) is 10.3 Å². The van der Waals surface area contributed by atoms with Crippen molar-refractivity contribution in [3.63, 3.8) is 0 Å². The second-order valence-corrected chi connectivity index (χ2v) is 7.92. The number of benzene rings is 2. The fourth-order valence-electron chi connectivity index (χ4n) is 2.84. The number of nitrogens with zero attached hydrogens (tertiary/aromatic N) is 2. The molecule has 1 heterocycles. The van der Waals surface area contributed by atoms with Crippen molar-refractivity contribution in [2.45, 2.75) is 6.92 Å². The molecule has 0 atom stereocenters. The van der Waals surface area contributed by atoms with Gasteiger partial charge in [0.1, 0.15) is 9.88 Å². The Morgan fingerprint density at radius 3 is 2.45 bits per heavy atom. The van der Waals surface area contributed by atoms with E-state index in [4.69, 9.17) is 21.1 Å². The molecule has 1 N–H and O–H groups in total.